The molecule has 0 saturated carbocycles. The molecule has 1 atom stereocenters. The molecule has 0 aromatic carbocycles. The molecule has 2 fully saturated rings. The highest BCUT2D eigenvalue weighted by Gasteiger charge is 2.25. The molecule has 3 aromatic heterocycles. The number of fused-ring (bicyclic) bond motifs is 1. The monoisotopic (exact) mass is 609 g/mol. The summed E-state index contributed by atoms with van der Waals surface area (Å²) in [7, 11) is 0. The molecule has 3 N–H and O–H groups in total. The van der Waals surface area contributed by atoms with Gasteiger partial charge in [0, 0.05) is 75.9 Å². The first-order valence-corrected chi connectivity index (χ1v) is 16.7. The number of nitrogens with one attached hydrogen (secondary N) is 2. The van der Waals surface area contributed by atoms with Crippen molar-refractivity contribution in [3.8, 4) is 5.88 Å². The number of pyridine rings is 1. The summed E-state index contributed by atoms with van der Waals surface area (Å²) in [6, 6.07) is 6.36. The van der Waals surface area contributed by atoms with Crippen molar-refractivity contribution in [3.05, 3.63) is 41.7 Å². The Morgan fingerprint density at radius 1 is 1.02 bits per heavy atom. The molecule has 5 rings (SSSR count). The fourth-order valence-corrected chi connectivity index (χ4v) is 6.02. The second-order valence-electron chi connectivity index (χ2n) is 11.8. The third kappa shape index (κ3) is 9.26. The number of rotatable bonds is 18. The van der Waals surface area contributed by atoms with E-state index >= 15 is 0 Å². The highest BCUT2D eigenvalue weighted by molar-refractivity contribution is 5.61. The number of unbranched alkanes of at least 4 members (excludes halogenated alkanes) is 1. The average molecular weight is 610 g/mol. The SMILES string of the molecule is CCc1cnn2c(NCc3ccc(OCCCOCCCCOC4CCNCC4)nc3)cc(N3CCCC[C@H]3CCO)nc12. The highest BCUT2D eigenvalue weighted by Crippen LogP contribution is 2.29. The quantitative estimate of drug-likeness (QED) is 0.179. The van der Waals surface area contributed by atoms with Crippen LogP contribution in [0, 0.1) is 0 Å². The third-order valence-corrected chi connectivity index (χ3v) is 8.57. The van der Waals surface area contributed by atoms with E-state index in [2.05, 4.69) is 38.6 Å². The lowest BCUT2D eigenvalue weighted by molar-refractivity contribution is 0.0264. The first-order valence-electron chi connectivity index (χ1n) is 16.7. The Balaban J connectivity index is 1.04. The van der Waals surface area contributed by atoms with Gasteiger partial charge >= 0.3 is 0 Å². The molecule has 0 bridgehead atoms. The van der Waals surface area contributed by atoms with Crippen molar-refractivity contribution in [2.75, 3.05) is 62.9 Å². The van der Waals surface area contributed by atoms with Gasteiger partial charge in [0.15, 0.2) is 5.65 Å². The summed E-state index contributed by atoms with van der Waals surface area (Å²) in [6.45, 7) is 8.87. The van der Waals surface area contributed by atoms with Crippen LogP contribution < -0.4 is 20.3 Å². The molecule has 11 heteroatoms. The van der Waals surface area contributed by atoms with Crippen molar-refractivity contribution in [3.63, 3.8) is 0 Å². The predicted molar refractivity (Wildman–Crippen MR) is 173 cm³/mol. The number of hydrogen-bond donors (Lipinski definition) is 3. The molecule has 5 heterocycles. The second kappa shape index (κ2) is 17.5. The van der Waals surface area contributed by atoms with Gasteiger partial charge in [-0.3, -0.25) is 0 Å². The maximum absolute atomic E-state index is 9.64. The second-order valence-corrected chi connectivity index (χ2v) is 11.8. The van der Waals surface area contributed by atoms with Crippen molar-refractivity contribution >= 4 is 17.3 Å². The zero-order valence-corrected chi connectivity index (χ0v) is 26.4. The Morgan fingerprint density at radius 3 is 2.70 bits per heavy atom. The van der Waals surface area contributed by atoms with Crippen LogP contribution in [0.3, 0.4) is 0 Å². The van der Waals surface area contributed by atoms with E-state index in [4.69, 9.17) is 19.2 Å². The number of piperidine rings is 2. The summed E-state index contributed by atoms with van der Waals surface area (Å²) in [5, 5.41) is 21.2. The lowest BCUT2D eigenvalue weighted by atomic mass is 9.99. The molecule has 44 heavy (non-hydrogen) atoms. The van der Waals surface area contributed by atoms with Gasteiger partial charge in [-0.15, -0.1) is 0 Å². The molecule has 2 aliphatic rings. The summed E-state index contributed by atoms with van der Waals surface area (Å²) in [4.78, 5) is 11.9. The smallest absolute Gasteiger partial charge is 0.213 e. The van der Waals surface area contributed by atoms with E-state index in [1.54, 1.807) is 0 Å². The molecule has 0 radical (unpaired) electrons. The standard InChI is InChI=1S/C33H51N7O4/c1-2-27-25-37-40-30(22-31(38-33(27)40)39-16-4-3-8-28(39)13-17-41)35-23-26-9-10-32(36-24-26)44-21-7-19-42-18-5-6-20-43-29-11-14-34-15-12-29/h9-10,22,24-25,28-29,34-35,41H,2-8,11-21,23H2,1H3/t28-/m0/s1. The molecule has 0 aliphatic carbocycles. The van der Waals surface area contributed by atoms with E-state index < -0.39 is 0 Å². The van der Waals surface area contributed by atoms with Crippen molar-refractivity contribution < 1.29 is 19.3 Å². The molecule has 242 valence electrons. The van der Waals surface area contributed by atoms with E-state index in [0.717, 1.165) is 119 Å². The maximum Gasteiger partial charge on any atom is 0.213 e. The van der Waals surface area contributed by atoms with Gasteiger partial charge in [-0.05, 0) is 76.4 Å². The van der Waals surface area contributed by atoms with E-state index in [1.165, 1.54) is 6.42 Å². The van der Waals surface area contributed by atoms with Crippen LogP contribution >= 0.6 is 0 Å². The van der Waals surface area contributed by atoms with Crippen LogP contribution in [0.15, 0.2) is 30.6 Å². The van der Waals surface area contributed by atoms with Gasteiger partial charge in [-0.1, -0.05) is 13.0 Å². The molecule has 11 nitrogen and oxygen atoms in total. The minimum atomic E-state index is 0.191. The van der Waals surface area contributed by atoms with Gasteiger partial charge in [0.05, 0.1) is 18.9 Å². The van der Waals surface area contributed by atoms with Crippen molar-refractivity contribution in [1.29, 1.82) is 0 Å². The summed E-state index contributed by atoms with van der Waals surface area (Å²) in [5.74, 6) is 2.46. The number of aliphatic hydroxyl groups excluding tert-OH is 1. The average Bonchev–Trinajstić information content (AvgIpc) is 3.49. The van der Waals surface area contributed by atoms with Gasteiger partial charge in [0.2, 0.25) is 5.88 Å². The van der Waals surface area contributed by atoms with Crippen LogP contribution in [0.5, 0.6) is 5.88 Å². The number of aliphatic hydroxyl groups is 1. The number of hydrogen-bond acceptors (Lipinski definition) is 10. The molecular formula is C33H51N7O4. The van der Waals surface area contributed by atoms with Crippen LogP contribution in [0.25, 0.3) is 5.65 Å². The number of nitrogens with zero attached hydrogens (tertiary/aromatic N) is 5. The van der Waals surface area contributed by atoms with Crippen LogP contribution in [-0.4, -0.2) is 89.5 Å². The van der Waals surface area contributed by atoms with Crippen LogP contribution in [0.1, 0.15) is 75.8 Å². The Kier molecular flexibility index (Phi) is 12.9. The summed E-state index contributed by atoms with van der Waals surface area (Å²) >= 11 is 0. The van der Waals surface area contributed by atoms with E-state index in [0.29, 0.717) is 37.8 Å². The fourth-order valence-electron chi connectivity index (χ4n) is 6.02. The Bertz CT molecular complexity index is 1250. The first kappa shape index (κ1) is 32.4. The summed E-state index contributed by atoms with van der Waals surface area (Å²) in [6.07, 6.45) is 14.4. The molecule has 2 saturated heterocycles. The van der Waals surface area contributed by atoms with Gasteiger partial charge in [-0.25, -0.2) is 9.97 Å². The molecule has 0 unspecified atom stereocenters. The zero-order chi connectivity index (χ0) is 30.4. The van der Waals surface area contributed by atoms with Crippen LogP contribution in [-0.2, 0) is 22.4 Å². The number of ether oxygens (including phenoxy) is 3. The molecule has 0 spiro atoms. The Labute approximate surface area is 261 Å². The first-order chi connectivity index (χ1) is 21.7. The highest BCUT2D eigenvalue weighted by atomic mass is 16.5. The number of aromatic nitrogens is 4. The van der Waals surface area contributed by atoms with Gasteiger partial charge in [-0.2, -0.15) is 9.61 Å². The van der Waals surface area contributed by atoms with E-state index in [1.807, 2.05) is 29.0 Å². The maximum atomic E-state index is 9.64. The minimum Gasteiger partial charge on any atom is -0.478 e. The van der Waals surface area contributed by atoms with E-state index in [9.17, 15) is 5.11 Å². The molecule has 3 aromatic rings. The fraction of sp³-hybridized carbons (Fsp3) is 0.667. The van der Waals surface area contributed by atoms with Gasteiger partial charge in [0.1, 0.15) is 11.6 Å². The largest absolute Gasteiger partial charge is 0.478 e. The molecule has 0 amide bonds. The van der Waals surface area contributed by atoms with Crippen LogP contribution in [0.4, 0.5) is 11.6 Å². The zero-order valence-electron chi connectivity index (χ0n) is 26.4. The summed E-state index contributed by atoms with van der Waals surface area (Å²) in [5.41, 5.74) is 3.06. The predicted octanol–water partition coefficient (Wildman–Crippen LogP) is 4.37. The summed E-state index contributed by atoms with van der Waals surface area (Å²) < 4.78 is 19.4. The van der Waals surface area contributed by atoms with Crippen molar-refractivity contribution in [2.24, 2.45) is 0 Å². The van der Waals surface area contributed by atoms with E-state index in [-0.39, 0.29) is 6.61 Å². The van der Waals surface area contributed by atoms with Crippen molar-refractivity contribution in [1.82, 2.24) is 24.9 Å². The van der Waals surface area contributed by atoms with Gasteiger partial charge in [0.25, 0.3) is 0 Å². The number of anilines is 2. The van der Waals surface area contributed by atoms with Crippen LogP contribution in [0.2, 0.25) is 0 Å². The Hall–Kier alpha value is -2.99. The minimum absolute atomic E-state index is 0.191. The third-order valence-electron chi connectivity index (χ3n) is 8.57. The lowest BCUT2D eigenvalue weighted by Crippen LogP contribution is -2.40. The number of aryl methyl sites for hydroxylation is 1. The Morgan fingerprint density at radius 2 is 1.89 bits per heavy atom. The molecule has 2 aliphatic heterocycles. The molecular weight excluding hydrogens is 558 g/mol. The normalized spacial score (nSPS) is 17.8. The lowest BCUT2D eigenvalue weighted by Gasteiger charge is -2.36. The topological polar surface area (TPSA) is 118 Å². The van der Waals surface area contributed by atoms with Gasteiger partial charge < -0.3 is 34.9 Å². The van der Waals surface area contributed by atoms with Crippen molar-refractivity contribution in [2.45, 2.75) is 89.8 Å².